The van der Waals surface area contributed by atoms with Crippen LogP contribution in [0.5, 0.6) is 0 Å². The van der Waals surface area contributed by atoms with Crippen molar-refractivity contribution in [1.29, 1.82) is 0 Å². The lowest BCUT2D eigenvalue weighted by molar-refractivity contribution is -0.126. The molecule has 0 spiro atoms. The highest BCUT2D eigenvalue weighted by molar-refractivity contribution is 5.78. The maximum atomic E-state index is 11.4. The largest absolute Gasteiger partial charge is 0.345 e. The zero-order chi connectivity index (χ0) is 10.1. The molecule has 2 unspecified atom stereocenters. The number of carbonyl (C=O) groups is 1. The topological polar surface area (TPSA) is 32.3 Å². The minimum atomic E-state index is 0.314. The third-order valence-electron chi connectivity index (χ3n) is 3.87. The van der Waals surface area contributed by atoms with Crippen LogP contribution >= 0.6 is 0 Å². The van der Waals surface area contributed by atoms with Crippen molar-refractivity contribution in [3.63, 3.8) is 0 Å². The van der Waals surface area contributed by atoms with Gasteiger partial charge < -0.3 is 10.2 Å². The molecule has 0 aromatic carbocycles. The van der Waals surface area contributed by atoms with Gasteiger partial charge in [-0.15, -0.1) is 0 Å². The molecule has 1 heterocycles. The van der Waals surface area contributed by atoms with Gasteiger partial charge in [0, 0.05) is 32.0 Å². The summed E-state index contributed by atoms with van der Waals surface area (Å²) in [4.78, 5) is 13.3. The van der Waals surface area contributed by atoms with Gasteiger partial charge in [-0.25, -0.2) is 0 Å². The molecule has 1 aliphatic carbocycles. The predicted molar refractivity (Wildman–Crippen MR) is 55.9 cm³/mol. The Morgan fingerprint density at radius 3 is 2.50 bits per heavy atom. The number of rotatable bonds is 3. The lowest BCUT2D eigenvalue weighted by Gasteiger charge is -2.36. The number of carbonyl (C=O) groups excluding carboxylic acids is 1. The van der Waals surface area contributed by atoms with Gasteiger partial charge in [0.1, 0.15) is 0 Å². The van der Waals surface area contributed by atoms with E-state index in [1.807, 2.05) is 19.0 Å². The van der Waals surface area contributed by atoms with Crippen LogP contribution in [0.3, 0.4) is 0 Å². The van der Waals surface area contributed by atoms with Crippen molar-refractivity contribution >= 4 is 5.91 Å². The van der Waals surface area contributed by atoms with Gasteiger partial charge in [-0.05, 0) is 25.8 Å². The van der Waals surface area contributed by atoms with Crippen LogP contribution in [0, 0.1) is 11.8 Å². The Kier molecular flexibility index (Phi) is 2.77. The normalized spacial score (nSPS) is 30.6. The third kappa shape index (κ3) is 1.65. The van der Waals surface area contributed by atoms with Crippen molar-refractivity contribution in [3.8, 4) is 0 Å². The highest BCUT2D eigenvalue weighted by Gasteiger charge is 2.37. The quantitative estimate of drug-likeness (QED) is 0.726. The SMILES string of the molecule is CNC(C1CCC1)C1CC(=O)N(C)C1. The molecule has 1 aliphatic heterocycles. The number of nitrogens with one attached hydrogen (secondary N) is 1. The molecule has 3 heteroatoms. The second-order valence-corrected chi connectivity index (χ2v) is 4.74. The van der Waals surface area contributed by atoms with E-state index < -0.39 is 0 Å². The molecule has 1 saturated carbocycles. The smallest absolute Gasteiger partial charge is 0.222 e. The fourth-order valence-electron chi connectivity index (χ4n) is 2.79. The van der Waals surface area contributed by atoms with Crippen LogP contribution in [0.4, 0.5) is 0 Å². The fourth-order valence-corrected chi connectivity index (χ4v) is 2.79. The van der Waals surface area contributed by atoms with Gasteiger partial charge in [-0.1, -0.05) is 6.42 Å². The van der Waals surface area contributed by atoms with Gasteiger partial charge in [0.05, 0.1) is 0 Å². The lowest BCUT2D eigenvalue weighted by atomic mass is 9.74. The molecule has 14 heavy (non-hydrogen) atoms. The van der Waals surface area contributed by atoms with Gasteiger partial charge in [0.25, 0.3) is 0 Å². The summed E-state index contributed by atoms with van der Waals surface area (Å²) in [5.74, 6) is 1.68. The summed E-state index contributed by atoms with van der Waals surface area (Å²) < 4.78 is 0. The minimum Gasteiger partial charge on any atom is -0.345 e. The summed E-state index contributed by atoms with van der Waals surface area (Å²) in [6.07, 6.45) is 4.82. The second-order valence-electron chi connectivity index (χ2n) is 4.74. The monoisotopic (exact) mass is 196 g/mol. The van der Waals surface area contributed by atoms with E-state index in [1.54, 1.807) is 0 Å². The summed E-state index contributed by atoms with van der Waals surface area (Å²) >= 11 is 0. The zero-order valence-corrected chi connectivity index (χ0v) is 9.12. The van der Waals surface area contributed by atoms with E-state index in [1.165, 1.54) is 19.3 Å². The van der Waals surface area contributed by atoms with Crippen molar-refractivity contribution in [2.45, 2.75) is 31.7 Å². The van der Waals surface area contributed by atoms with Crippen LogP contribution in [0.15, 0.2) is 0 Å². The molecule has 0 bridgehead atoms. The van der Waals surface area contributed by atoms with Crippen LogP contribution < -0.4 is 5.32 Å². The molecule has 2 atom stereocenters. The third-order valence-corrected chi connectivity index (χ3v) is 3.87. The van der Waals surface area contributed by atoms with E-state index in [0.29, 0.717) is 17.9 Å². The van der Waals surface area contributed by atoms with Gasteiger partial charge in [-0.2, -0.15) is 0 Å². The first-order valence-corrected chi connectivity index (χ1v) is 5.63. The Balaban J connectivity index is 1.95. The Hall–Kier alpha value is -0.570. The molecule has 3 nitrogen and oxygen atoms in total. The van der Waals surface area contributed by atoms with Crippen molar-refractivity contribution < 1.29 is 4.79 Å². The Morgan fingerprint density at radius 1 is 1.43 bits per heavy atom. The summed E-state index contributed by atoms with van der Waals surface area (Å²) in [5.41, 5.74) is 0. The Labute approximate surface area is 85.8 Å². The van der Waals surface area contributed by atoms with Crippen molar-refractivity contribution in [2.24, 2.45) is 11.8 Å². The molecular weight excluding hydrogens is 176 g/mol. The van der Waals surface area contributed by atoms with E-state index >= 15 is 0 Å². The predicted octanol–water partition coefficient (Wildman–Crippen LogP) is 0.853. The van der Waals surface area contributed by atoms with Gasteiger partial charge in [0.15, 0.2) is 0 Å². The average molecular weight is 196 g/mol. The zero-order valence-electron chi connectivity index (χ0n) is 9.12. The maximum Gasteiger partial charge on any atom is 0.222 e. The van der Waals surface area contributed by atoms with E-state index in [9.17, 15) is 4.79 Å². The van der Waals surface area contributed by atoms with Crippen LogP contribution in [-0.4, -0.2) is 37.5 Å². The summed E-state index contributed by atoms with van der Waals surface area (Å²) in [6.45, 7) is 0.945. The molecule has 1 saturated heterocycles. The first-order chi connectivity index (χ1) is 6.72. The van der Waals surface area contributed by atoms with Crippen molar-refractivity contribution in [1.82, 2.24) is 10.2 Å². The molecule has 2 aliphatic rings. The molecule has 0 radical (unpaired) electrons. The fraction of sp³-hybridized carbons (Fsp3) is 0.909. The minimum absolute atomic E-state index is 0.314. The van der Waals surface area contributed by atoms with E-state index in [-0.39, 0.29) is 0 Å². The molecule has 1 N–H and O–H groups in total. The number of hydrogen-bond acceptors (Lipinski definition) is 2. The van der Waals surface area contributed by atoms with Gasteiger partial charge >= 0.3 is 0 Å². The first kappa shape index (κ1) is 9.97. The van der Waals surface area contributed by atoms with E-state index in [0.717, 1.165) is 18.9 Å². The van der Waals surface area contributed by atoms with Crippen molar-refractivity contribution in [3.05, 3.63) is 0 Å². The molecule has 0 aromatic rings. The first-order valence-electron chi connectivity index (χ1n) is 5.63. The van der Waals surface area contributed by atoms with Crippen molar-refractivity contribution in [2.75, 3.05) is 20.6 Å². The maximum absolute atomic E-state index is 11.4. The molecule has 2 fully saturated rings. The van der Waals surface area contributed by atoms with Crippen LogP contribution in [-0.2, 0) is 4.79 Å². The van der Waals surface area contributed by atoms with Gasteiger partial charge in [-0.3, -0.25) is 4.79 Å². The molecule has 2 rings (SSSR count). The molecular formula is C11H20N2O. The highest BCUT2D eigenvalue weighted by atomic mass is 16.2. The average Bonchev–Trinajstić information content (AvgIpc) is 2.39. The highest BCUT2D eigenvalue weighted by Crippen LogP contribution is 2.35. The molecule has 80 valence electrons. The van der Waals surface area contributed by atoms with E-state index in [2.05, 4.69) is 5.32 Å². The second kappa shape index (κ2) is 3.89. The number of nitrogens with zero attached hydrogens (tertiary/aromatic N) is 1. The Bertz CT molecular complexity index is 225. The number of hydrogen-bond donors (Lipinski definition) is 1. The van der Waals surface area contributed by atoms with E-state index in [4.69, 9.17) is 0 Å². The van der Waals surface area contributed by atoms with Crippen LogP contribution in [0.25, 0.3) is 0 Å². The van der Waals surface area contributed by atoms with Crippen LogP contribution in [0.1, 0.15) is 25.7 Å². The van der Waals surface area contributed by atoms with Gasteiger partial charge in [0.2, 0.25) is 5.91 Å². The summed E-state index contributed by atoms with van der Waals surface area (Å²) in [5, 5.41) is 3.41. The van der Waals surface area contributed by atoms with Crippen LogP contribution in [0.2, 0.25) is 0 Å². The summed E-state index contributed by atoms with van der Waals surface area (Å²) in [7, 11) is 3.95. The number of likely N-dealkylation sites (tertiary alicyclic amines) is 1. The molecule has 0 aromatic heterocycles. The number of amides is 1. The molecule has 1 amide bonds. The summed E-state index contributed by atoms with van der Waals surface area (Å²) in [6, 6.07) is 0.567. The lowest BCUT2D eigenvalue weighted by Crippen LogP contribution is -2.43. The Morgan fingerprint density at radius 2 is 2.14 bits per heavy atom. The standard InChI is InChI=1S/C11H20N2O/c1-12-11(8-4-3-5-8)9-6-10(14)13(2)7-9/h8-9,11-12H,3-7H2,1-2H3.